The van der Waals surface area contributed by atoms with E-state index in [0.29, 0.717) is 31.2 Å². The number of rotatable bonds is 7. The van der Waals surface area contributed by atoms with Crippen LogP contribution in [0.1, 0.15) is 6.42 Å². The summed E-state index contributed by atoms with van der Waals surface area (Å²) in [6.07, 6.45) is 3.45. The molecule has 1 heterocycles. The van der Waals surface area contributed by atoms with Crippen LogP contribution in [0.5, 0.6) is 0 Å². The number of hydrogen-bond acceptors (Lipinski definition) is 6. The van der Waals surface area contributed by atoms with E-state index in [1.807, 2.05) is 0 Å². The molecule has 1 unspecified atom stereocenters. The number of aromatic nitrogens is 2. The van der Waals surface area contributed by atoms with Gasteiger partial charge in [0.05, 0.1) is 25.1 Å². The maximum atomic E-state index is 9.41. The minimum atomic E-state index is -0.446. The highest BCUT2D eigenvalue weighted by molar-refractivity contribution is 5.40. The average Bonchev–Trinajstić information content (AvgIpc) is 2.30. The quantitative estimate of drug-likeness (QED) is 0.621. The molecule has 90 valence electrons. The number of anilines is 2. The molecule has 1 aromatic heterocycles. The Morgan fingerprint density at radius 2 is 2.19 bits per heavy atom. The zero-order valence-electron chi connectivity index (χ0n) is 9.60. The molecule has 0 aliphatic carbocycles. The van der Waals surface area contributed by atoms with Crippen LogP contribution in [0.3, 0.4) is 0 Å². The summed E-state index contributed by atoms with van der Waals surface area (Å²) < 4.78 is 4.83. The van der Waals surface area contributed by atoms with Crippen molar-refractivity contribution in [2.45, 2.75) is 12.5 Å². The molecule has 0 radical (unpaired) electrons. The summed E-state index contributed by atoms with van der Waals surface area (Å²) in [6, 6.07) is 0. The minimum absolute atomic E-state index is 0.351. The maximum Gasteiger partial charge on any atom is 0.146 e. The lowest BCUT2D eigenvalue weighted by Crippen LogP contribution is -2.18. The molecule has 0 amide bonds. The predicted molar refractivity (Wildman–Crippen MR) is 62.6 cm³/mol. The van der Waals surface area contributed by atoms with Crippen molar-refractivity contribution in [3.8, 4) is 0 Å². The van der Waals surface area contributed by atoms with Crippen LogP contribution < -0.4 is 10.6 Å². The lowest BCUT2D eigenvalue weighted by Gasteiger charge is -2.10. The van der Waals surface area contributed by atoms with Crippen LogP contribution in [-0.2, 0) is 4.74 Å². The van der Waals surface area contributed by atoms with E-state index in [1.165, 1.54) is 0 Å². The Balaban J connectivity index is 2.31. The van der Waals surface area contributed by atoms with Gasteiger partial charge in [-0.15, -0.1) is 0 Å². The molecule has 1 atom stereocenters. The van der Waals surface area contributed by atoms with Gasteiger partial charge in [-0.2, -0.15) is 0 Å². The van der Waals surface area contributed by atoms with Gasteiger partial charge in [0, 0.05) is 20.7 Å². The van der Waals surface area contributed by atoms with Crippen LogP contribution in [0.2, 0.25) is 0 Å². The van der Waals surface area contributed by atoms with Gasteiger partial charge >= 0.3 is 0 Å². The molecule has 6 nitrogen and oxygen atoms in total. The van der Waals surface area contributed by atoms with E-state index >= 15 is 0 Å². The molecule has 0 bridgehead atoms. The maximum absolute atomic E-state index is 9.41. The first kappa shape index (κ1) is 12.7. The fraction of sp³-hybridized carbons (Fsp3) is 0.600. The van der Waals surface area contributed by atoms with Crippen molar-refractivity contribution in [1.82, 2.24) is 9.97 Å². The van der Waals surface area contributed by atoms with Crippen molar-refractivity contribution in [2.75, 3.05) is 37.9 Å². The van der Waals surface area contributed by atoms with E-state index < -0.39 is 6.10 Å². The molecule has 0 saturated carbocycles. The van der Waals surface area contributed by atoms with E-state index in [-0.39, 0.29) is 0 Å². The number of hydrogen-bond donors (Lipinski definition) is 3. The van der Waals surface area contributed by atoms with E-state index in [9.17, 15) is 5.11 Å². The number of methoxy groups -OCH3 is 1. The van der Waals surface area contributed by atoms with Gasteiger partial charge in [-0.05, 0) is 6.42 Å². The summed E-state index contributed by atoms with van der Waals surface area (Å²) in [6.45, 7) is 0.982. The molecule has 3 N–H and O–H groups in total. The third-order valence-corrected chi connectivity index (χ3v) is 2.03. The lowest BCUT2D eigenvalue weighted by molar-refractivity contribution is 0.0615. The highest BCUT2D eigenvalue weighted by Crippen LogP contribution is 2.05. The Labute approximate surface area is 95.1 Å². The van der Waals surface area contributed by atoms with Gasteiger partial charge in [-0.1, -0.05) is 0 Å². The summed E-state index contributed by atoms with van der Waals surface area (Å²) in [4.78, 5) is 8.25. The molecule has 0 spiro atoms. The van der Waals surface area contributed by atoms with Gasteiger partial charge in [0.1, 0.15) is 11.6 Å². The summed E-state index contributed by atoms with van der Waals surface area (Å²) in [7, 11) is 3.36. The molecular weight excluding hydrogens is 208 g/mol. The molecule has 0 fully saturated rings. The molecule has 16 heavy (non-hydrogen) atoms. The zero-order chi connectivity index (χ0) is 11.8. The Bertz CT molecular complexity index is 309. The first-order chi connectivity index (χ1) is 7.76. The number of nitrogens with zero attached hydrogens (tertiary/aromatic N) is 2. The van der Waals surface area contributed by atoms with Gasteiger partial charge in [0.2, 0.25) is 0 Å². The van der Waals surface area contributed by atoms with E-state index in [2.05, 4.69) is 20.6 Å². The van der Waals surface area contributed by atoms with Crippen molar-refractivity contribution < 1.29 is 9.84 Å². The number of aliphatic hydroxyl groups is 1. The van der Waals surface area contributed by atoms with Gasteiger partial charge in [-0.25, -0.2) is 4.98 Å². The number of aliphatic hydroxyl groups excluding tert-OH is 1. The summed E-state index contributed by atoms with van der Waals surface area (Å²) in [5.41, 5.74) is 0. The van der Waals surface area contributed by atoms with Crippen LogP contribution in [0, 0.1) is 0 Å². The number of ether oxygens (including phenoxy) is 1. The zero-order valence-corrected chi connectivity index (χ0v) is 9.60. The largest absolute Gasteiger partial charge is 0.391 e. The first-order valence-corrected chi connectivity index (χ1v) is 5.17. The van der Waals surface area contributed by atoms with Crippen molar-refractivity contribution >= 4 is 11.6 Å². The number of nitrogens with one attached hydrogen (secondary N) is 2. The average molecular weight is 226 g/mol. The van der Waals surface area contributed by atoms with Gasteiger partial charge in [0.25, 0.3) is 0 Å². The van der Waals surface area contributed by atoms with Crippen molar-refractivity contribution in [3.05, 3.63) is 12.4 Å². The van der Waals surface area contributed by atoms with Crippen molar-refractivity contribution in [3.63, 3.8) is 0 Å². The summed E-state index contributed by atoms with van der Waals surface area (Å²) in [5.74, 6) is 1.40. The van der Waals surface area contributed by atoms with Crippen molar-refractivity contribution in [1.29, 1.82) is 0 Å². The van der Waals surface area contributed by atoms with E-state index in [4.69, 9.17) is 4.74 Å². The minimum Gasteiger partial charge on any atom is -0.391 e. The lowest BCUT2D eigenvalue weighted by atomic mass is 10.3. The fourth-order valence-electron chi connectivity index (χ4n) is 1.21. The first-order valence-electron chi connectivity index (χ1n) is 5.17. The molecule has 0 aliphatic heterocycles. The molecule has 0 saturated heterocycles. The molecular formula is C10H18N4O2. The third kappa shape index (κ3) is 4.41. The Morgan fingerprint density at radius 1 is 1.44 bits per heavy atom. The predicted octanol–water partition coefficient (Wildman–Crippen LogP) is 0.328. The topological polar surface area (TPSA) is 79.3 Å². The molecule has 1 rings (SSSR count). The Hall–Kier alpha value is -1.40. The third-order valence-electron chi connectivity index (χ3n) is 2.03. The van der Waals surface area contributed by atoms with Crippen LogP contribution in [0.25, 0.3) is 0 Å². The molecule has 1 aromatic rings. The fourth-order valence-corrected chi connectivity index (χ4v) is 1.21. The van der Waals surface area contributed by atoms with Gasteiger partial charge < -0.3 is 20.5 Å². The van der Waals surface area contributed by atoms with Crippen LogP contribution in [-0.4, -0.2) is 48.5 Å². The second-order valence-corrected chi connectivity index (χ2v) is 3.36. The normalized spacial score (nSPS) is 12.2. The second-order valence-electron chi connectivity index (χ2n) is 3.36. The van der Waals surface area contributed by atoms with E-state index in [0.717, 1.165) is 0 Å². The van der Waals surface area contributed by atoms with Crippen LogP contribution in [0.15, 0.2) is 12.4 Å². The Morgan fingerprint density at radius 3 is 2.88 bits per heavy atom. The molecule has 0 aromatic carbocycles. The van der Waals surface area contributed by atoms with Crippen LogP contribution >= 0.6 is 0 Å². The standard InChI is InChI=1S/C10H18N4O2/c1-11-9-5-12-6-10(14-9)13-4-3-8(15)7-16-2/h5-6,8,15H,3-4,7H2,1-2H3,(H2,11,13,14). The Kier molecular flexibility index (Phi) is 5.52. The van der Waals surface area contributed by atoms with Gasteiger partial charge in [-0.3, -0.25) is 4.98 Å². The van der Waals surface area contributed by atoms with Crippen LogP contribution in [0.4, 0.5) is 11.6 Å². The highest BCUT2D eigenvalue weighted by Gasteiger charge is 2.03. The highest BCUT2D eigenvalue weighted by atomic mass is 16.5. The van der Waals surface area contributed by atoms with E-state index in [1.54, 1.807) is 26.6 Å². The SMILES string of the molecule is CNc1cncc(NCCC(O)COC)n1. The monoisotopic (exact) mass is 226 g/mol. The molecule has 0 aliphatic rings. The molecule has 6 heteroatoms. The van der Waals surface area contributed by atoms with Crippen molar-refractivity contribution in [2.24, 2.45) is 0 Å². The van der Waals surface area contributed by atoms with Gasteiger partial charge in [0.15, 0.2) is 0 Å². The smallest absolute Gasteiger partial charge is 0.146 e. The summed E-state index contributed by atoms with van der Waals surface area (Å²) >= 11 is 0. The summed E-state index contributed by atoms with van der Waals surface area (Å²) in [5, 5.41) is 15.4. The second kappa shape index (κ2) is 6.97.